The molecule has 1 aliphatic rings. The molecule has 1 aromatic rings. The summed E-state index contributed by atoms with van der Waals surface area (Å²) in [5.41, 5.74) is 5.68. The van der Waals surface area contributed by atoms with Crippen LogP contribution in [0.5, 0.6) is 0 Å². The molecule has 0 heterocycles. The van der Waals surface area contributed by atoms with Gasteiger partial charge in [0.15, 0.2) is 0 Å². The van der Waals surface area contributed by atoms with Crippen LogP contribution in [0.4, 0.5) is 5.69 Å². The molecular weight excluding hydrogens is 448 g/mol. The number of anilines is 1. The predicted molar refractivity (Wildman–Crippen MR) is 99.6 cm³/mol. The van der Waals surface area contributed by atoms with Gasteiger partial charge in [-0.1, -0.05) is 0 Å². The van der Waals surface area contributed by atoms with Gasteiger partial charge in [0.05, 0.1) is 0 Å². The number of rotatable bonds is 3. The number of allylic oxidation sites excluding steroid dienone is 4. The Morgan fingerprint density at radius 3 is 2.00 bits per heavy atom. The van der Waals surface area contributed by atoms with E-state index < -0.39 is 21.6 Å². The summed E-state index contributed by atoms with van der Waals surface area (Å²) in [6.07, 6.45) is 0. The van der Waals surface area contributed by atoms with Gasteiger partial charge in [-0.25, -0.2) is 0 Å². The van der Waals surface area contributed by atoms with Crippen LogP contribution in [0.1, 0.15) is 27.7 Å². The summed E-state index contributed by atoms with van der Waals surface area (Å²) in [5.74, 6) is 0.579. The minimum atomic E-state index is -1.98. The van der Waals surface area contributed by atoms with Crippen molar-refractivity contribution in [3.8, 4) is 0 Å². The maximum absolute atomic E-state index is 4.50. The fraction of sp³-hybridized carbons (Fsp3) is 0.312. The van der Waals surface area contributed by atoms with Crippen molar-refractivity contribution in [3.05, 3.63) is 48.7 Å². The molecular formula is C16H22BrCl2NZr. The molecule has 5 heteroatoms. The van der Waals surface area contributed by atoms with E-state index in [4.69, 9.17) is 0 Å². The first-order valence-corrected chi connectivity index (χ1v) is 11.5. The van der Waals surface area contributed by atoms with Crippen molar-refractivity contribution >= 4 is 50.6 Å². The normalized spacial score (nSPS) is 17.3. The van der Waals surface area contributed by atoms with E-state index in [1.807, 2.05) is 0 Å². The fourth-order valence-corrected chi connectivity index (χ4v) is 7.88. The summed E-state index contributed by atoms with van der Waals surface area (Å²) in [6.45, 7) is 9.07. The zero-order valence-electron chi connectivity index (χ0n) is 12.8. The van der Waals surface area contributed by atoms with Crippen molar-refractivity contribution in [2.45, 2.75) is 27.7 Å². The summed E-state index contributed by atoms with van der Waals surface area (Å²) < 4.78 is 10.9. The van der Waals surface area contributed by atoms with E-state index >= 15 is 0 Å². The van der Waals surface area contributed by atoms with Crippen LogP contribution in [0.2, 0.25) is 0 Å². The van der Waals surface area contributed by atoms with Gasteiger partial charge in [0, 0.05) is 0 Å². The second kappa shape index (κ2) is 8.82. The van der Waals surface area contributed by atoms with Gasteiger partial charge in [-0.15, -0.1) is 24.8 Å². The molecule has 0 bridgehead atoms. The number of nitrogens with one attached hydrogen (secondary N) is 1. The molecule has 0 saturated carbocycles. The second-order valence-electron chi connectivity index (χ2n) is 5.18. The third kappa shape index (κ3) is 4.64. The molecule has 1 N–H and O–H groups in total. The van der Waals surface area contributed by atoms with E-state index in [1.54, 1.807) is 3.28 Å². The molecule has 116 valence electrons. The van der Waals surface area contributed by atoms with Crippen molar-refractivity contribution in [1.29, 1.82) is 0 Å². The molecule has 0 fully saturated rings. The second-order valence-corrected chi connectivity index (χ2v) is 10.4. The molecule has 1 aromatic carbocycles. The fourth-order valence-electron chi connectivity index (χ4n) is 2.63. The Kier molecular flexibility index (Phi) is 8.95. The monoisotopic (exact) mass is 467 g/mol. The summed E-state index contributed by atoms with van der Waals surface area (Å²) in [4.78, 5) is 0. The molecule has 1 unspecified atom stereocenters. The van der Waals surface area contributed by atoms with Crippen molar-refractivity contribution < 1.29 is 21.6 Å². The van der Waals surface area contributed by atoms with Gasteiger partial charge in [-0.2, -0.15) is 0 Å². The summed E-state index contributed by atoms with van der Waals surface area (Å²) in [6, 6.07) is 8.40. The van der Waals surface area contributed by atoms with Crippen LogP contribution in [-0.2, 0) is 21.6 Å². The molecule has 0 saturated heterocycles. The van der Waals surface area contributed by atoms with Crippen LogP contribution in [0.15, 0.2) is 48.7 Å². The van der Waals surface area contributed by atoms with Crippen LogP contribution in [0.25, 0.3) is 0 Å². The van der Waals surface area contributed by atoms with Crippen molar-refractivity contribution in [1.82, 2.24) is 0 Å². The summed E-state index contributed by atoms with van der Waals surface area (Å²) in [7, 11) is 0. The molecule has 21 heavy (non-hydrogen) atoms. The number of benzene rings is 1. The molecule has 1 aliphatic carbocycles. The van der Waals surface area contributed by atoms with Crippen molar-refractivity contribution in [2.24, 2.45) is 5.92 Å². The topological polar surface area (TPSA) is 12.0 Å². The third-order valence-electron chi connectivity index (χ3n) is 4.11. The van der Waals surface area contributed by atoms with Gasteiger partial charge >= 0.3 is 133 Å². The van der Waals surface area contributed by atoms with Crippen LogP contribution in [-0.4, -0.2) is 4.21 Å². The molecule has 0 aliphatic heterocycles. The van der Waals surface area contributed by atoms with E-state index in [9.17, 15) is 0 Å². The van der Waals surface area contributed by atoms with Gasteiger partial charge in [-0.05, 0) is 0 Å². The maximum atomic E-state index is 4.50. The molecule has 0 aromatic heterocycles. The Labute approximate surface area is 156 Å². The van der Waals surface area contributed by atoms with Crippen LogP contribution >= 0.6 is 40.7 Å². The average Bonchev–Trinajstić information content (AvgIpc) is 2.57. The Morgan fingerprint density at radius 2 is 1.57 bits per heavy atom. The first-order valence-electron chi connectivity index (χ1n) is 6.52. The third-order valence-corrected chi connectivity index (χ3v) is 9.67. The Balaban J connectivity index is 0.00000200. The molecule has 1 atom stereocenters. The van der Waals surface area contributed by atoms with Crippen LogP contribution in [0.3, 0.4) is 0 Å². The quantitative estimate of drug-likeness (QED) is 0.578. The van der Waals surface area contributed by atoms with Crippen LogP contribution in [0, 0.1) is 5.92 Å². The number of hydrogen-bond acceptors (Lipinski definition) is 1. The molecule has 0 radical (unpaired) electrons. The zero-order chi connectivity index (χ0) is 14.2. The van der Waals surface area contributed by atoms with E-state index in [0.717, 1.165) is 4.47 Å². The predicted octanol–water partition coefficient (Wildman–Crippen LogP) is 5.93. The van der Waals surface area contributed by atoms with Gasteiger partial charge in [0.1, 0.15) is 0 Å². The van der Waals surface area contributed by atoms with Gasteiger partial charge in [-0.3, -0.25) is 0 Å². The number of halogens is 3. The average molecular weight is 470 g/mol. The van der Waals surface area contributed by atoms with Crippen LogP contribution < -0.4 is 3.26 Å². The zero-order valence-corrected chi connectivity index (χ0v) is 18.5. The first kappa shape index (κ1) is 21.3. The summed E-state index contributed by atoms with van der Waals surface area (Å²) >= 11 is 1.49. The van der Waals surface area contributed by atoms with Gasteiger partial charge in [0.2, 0.25) is 0 Å². The van der Waals surface area contributed by atoms with E-state index in [2.05, 4.69) is 75.4 Å². The van der Waals surface area contributed by atoms with Gasteiger partial charge in [0.25, 0.3) is 0 Å². The Hall–Kier alpha value is 0.313. The van der Waals surface area contributed by atoms with Crippen molar-refractivity contribution in [2.75, 3.05) is 3.26 Å². The molecule has 1 nitrogen and oxygen atoms in total. The SMILES string of the molecule is Cl.Cl.[CH2]=[Zr]([NH]c1ccc(Br)cc1)[C]1=C(C)C(C)=C(C)C1C. The summed E-state index contributed by atoms with van der Waals surface area (Å²) in [5, 5.41) is 0. The van der Waals surface area contributed by atoms with E-state index in [1.165, 1.54) is 22.4 Å². The van der Waals surface area contributed by atoms with E-state index in [-0.39, 0.29) is 24.8 Å². The van der Waals surface area contributed by atoms with E-state index in [0.29, 0.717) is 5.92 Å². The van der Waals surface area contributed by atoms with Gasteiger partial charge < -0.3 is 0 Å². The number of hydrogen-bond donors (Lipinski definition) is 1. The standard InChI is InChI=1S/C9H13.C6H5BrN.CH2.2ClH.Zr/c1-6-5-7(2)9(4)8(6)3;7-5-1-3-6(8)4-2-5;;;;/h6H,1-4H3;1-4,8H;1H2;2*1H;/q;-1;;;;+1. The Bertz CT molecular complexity index is 591. The van der Waals surface area contributed by atoms with Crippen molar-refractivity contribution in [3.63, 3.8) is 0 Å². The minimum absolute atomic E-state index is 0. The molecule has 0 amide bonds. The molecule has 0 spiro atoms. The first-order chi connectivity index (χ1) is 8.91. The molecule has 2 rings (SSSR count). The Morgan fingerprint density at radius 1 is 1.05 bits per heavy atom.